The van der Waals surface area contributed by atoms with E-state index in [0.717, 1.165) is 44.3 Å². The van der Waals surface area contributed by atoms with Crippen LogP contribution in [0.4, 0.5) is 11.4 Å². The SMILES string of the molecule is CC(C)N1CCC(CNC(=O)C(=O)Nc2ccc3c(c2)N(S(C)(=O)=O)CCC3)CC1. The zero-order chi connectivity index (χ0) is 21.9. The lowest BCUT2D eigenvalue weighted by Gasteiger charge is -2.34. The summed E-state index contributed by atoms with van der Waals surface area (Å²) in [6.45, 7) is 7.29. The molecule has 2 aliphatic rings. The van der Waals surface area contributed by atoms with Crippen molar-refractivity contribution in [2.75, 3.05) is 42.1 Å². The van der Waals surface area contributed by atoms with Gasteiger partial charge in [-0.3, -0.25) is 13.9 Å². The molecule has 3 rings (SSSR count). The molecule has 166 valence electrons. The Kier molecular flexibility index (Phi) is 7.02. The summed E-state index contributed by atoms with van der Waals surface area (Å²) in [5, 5.41) is 5.33. The molecule has 2 aliphatic heterocycles. The van der Waals surface area contributed by atoms with Crippen LogP contribution in [0.5, 0.6) is 0 Å². The highest BCUT2D eigenvalue weighted by Gasteiger charge is 2.25. The van der Waals surface area contributed by atoms with Crippen molar-refractivity contribution in [3.05, 3.63) is 23.8 Å². The van der Waals surface area contributed by atoms with E-state index in [9.17, 15) is 18.0 Å². The van der Waals surface area contributed by atoms with Crippen molar-refractivity contribution in [3.8, 4) is 0 Å². The van der Waals surface area contributed by atoms with Gasteiger partial charge in [0, 0.05) is 24.8 Å². The van der Waals surface area contributed by atoms with Crippen LogP contribution in [0.2, 0.25) is 0 Å². The molecule has 1 fully saturated rings. The van der Waals surface area contributed by atoms with Gasteiger partial charge in [0.05, 0.1) is 11.9 Å². The quantitative estimate of drug-likeness (QED) is 0.683. The van der Waals surface area contributed by atoms with Gasteiger partial charge in [-0.2, -0.15) is 0 Å². The number of aryl methyl sites for hydroxylation is 1. The van der Waals surface area contributed by atoms with E-state index in [1.807, 2.05) is 6.07 Å². The van der Waals surface area contributed by atoms with Crippen molar-refractivity contribution >= 4 is 33.2 Å². The van der Waals surface area contributed by atoms with Crippen LogP contribution < -0.4 is 14.9 Å². The first-order chi connectivity index (χ1) is 14.1. The van der Waals surface area contributed by atoms with Crippen molar-refractivity contribution in [1.82, 2.24) is 10.2 Å². The van der Waals surface area contributed by atoms with Gasteiger partial charge in [-0.05, 0) is 76.2 Å². The van der Waals surface area contributed by atoms with Crippen molar-refractivity contribution in [2.24, 2.45) is 5.92 Å². The normalized spacial score (nSPS) is 18.2. The number of sulfonamides is 1. The molecule has 8 nitrogen and oxygen atoms in total. The molecule has 2 heterocycles. The third-order valence-corrected chi connectivity index (χ3v) is 7.14. The Hall–Kier alpha value is -2.13. The molecule has 0 bridgehead atoms. The van der Waals surface area contributed by atoms with E-state index in [0.29, 0.717) is 36.4 Å². The largest absolute Gasteiger partial charge is 0.348 e. The molecule has 30 heavy (non-hydrogen) atoms. The maximum Gasteiger partial charge on any atom is 0.313 e. The number of amides is 2. The number of rotatable bonds is 5. The summed E-state index contributed by atoms with van der Waals surface area (Å²) in [7, 11) is -3.39. The molecule has 0 radical (unpaired) electrons. The molecular formula is C21H32N4O4S. The second-order valence-electron chi connectivity index (χ2n) is 8.52. The highest BCUT2D eigenvalue weighted by molar-refractivity contribution is 7.92. The molecular weight excluding hydrogens is 404 g/mol. The summed E-state index contributed by atoms with van der Waals surface area (Å²) >= 11 is 0. The Labute approximate surface area is 179 Å². The van der Waals surface area contributed by atoms with Gasteiger partial charge in [0.15, 0.2) is 0 Å². The molecule has 0 aromatic heterocycles. The van der Waals surface area contributed by atoms with Crippen LogP contribution in [0, 0.1) is 5.92 Å². The van der Waals surface area contributed by atoms with Crippen molar-refractivity contribution < 1.29 is 18.0 Å². The molecule has 1 aromatic carbocycles. The van der Waals surface area contributed by atoms with E-state index in [1.54, 1.807) is 12.1 Å². The zero-order valence-electron chi connectivity index (χ0n) is 18.0. The monoisotopic (exact) mass is 436 g/mol. The van der Waals surface area contributed by atoms with Crippen molar-refractivity contribution in [2.45, 2.75) is 45.6 Å². The van der Waals surface area contributed by atoms with Gasteiger partial charge >= 0.3 is 11.8 Å². The number of hydrogen-bond acceptors (Lipinski definition) is 5. The second-order valence-corrected chi connectivity index (χ2v) is 10.4. The van der Waals surface area contributed by atoms with Gasteiger partial charge < -0.3 is 15.5 Å². The third-order valence-electron chi connectivity index (χ3n) is 5.96. The van der Waals surface area contributed by atoms with E-state index >= 15 is 0 Å². The van der Waals surface area contributed by atoms with Gasteiger partial charge in [0.2, 0.25) is 10.0 Å². The maximum atomic E-state index is 12.3. The minimum absolute atomic E-state index is 0.379. The first-order valence-corrected chi connectivity index (χ1v) is 12.4. The van der Waals surface area contributed by atoms with Crippen LogP contribution in [0.3, 0.4) is 0 Å². The van der Waals surface area contributed by atoms with Gasteiger partial charge in [0.1, 0.15) is 0 Å². The Bertz CT molecular complexity index is 892. The molecule has 0 aliphatic carbocycles. The molecule has 1 saturated heterocycles. The molecule has 0 spiro atoms. The Balaban J connectivity index is 1.55. The van der Waals surface area contributed by atoms with Gasteiger partial charge in [0.25, 0.3) is 0 Å². The lowest BCUT2D eigenvalue weighted by atomic mass is 9.96. The second kappa shape index (κ2) is 9.34. The molecule has 0 unspecified atom stereocenters. The Morgan fingerprint density at radius 2 is 1.83 bits per heavy atom. The molecule has 1 aromatic rings. The number of benzene rings is 1. The summed E-state index contributed by atoms with van der Waals surface area (Å²) in [5.74, 6) is -1.03. The fourth-order valence-electron chi connectivity index (χ4n) is 4.14. The van der Waals surface area contributed by atoms with Crippen LogP contribution in [0.1, 0.15) is 38.7 Å². The van der Waals surface area contributed by atoms with Crippen LogP contribution in [-0.4, -0.2) is 63.6 Å². The lowest BCUT2D eigenvalue weighted by molar-refractivity contribution is -0.136. The molecule has 2 N–H and O–H groups in total. The van der Waals surface area contributed by atoms with E-state index in [-0.39, 0.29) is 0 Å². The number of nitrogens with zero attached hydrogens (tertiary/aromatic N) is 2. The first kappa shape index (κ1) is 22.6. The topological polar surface area (TPSA) is 98.8 Å². The number of carbonyl (C=O) groups is 2. The molecule has 9 heteroatoms. The number of nitrogens with one attached hydrogen (secondary N) is 2. The Morgan fingerprint density at radius 1 is 1.13 bits per heavy atom. The molecule has 0 atom stereocenters. The fourth-order valence-corrected chi connectivity index (χ4v) is 5.13. The van der Waals surface area contributed by atoms with Crippen LogP contribution >= 0.6 is 0 Å². The average Bonchev–Trinajstić information content (AvgIpc) is 2.71. The predicted molar refractivity (Wildman–Crippen MR) is 118 cm³/mol. The van der Waals surface area contributed by atoms with Gasteiger partial charge in [-0.15, -0.1) is 0 Å². The first-order valence-electron chi connectivity index (χ1n) is 10.6. The summed E-state index contributed by atoms with van der Waals surface area (Å²) in [6.07, 6.45) is 4.72. The lowest BCUT2D eigenvalue weighted by Crippen LogP contribution is -2.43. The highest BCUT2D eigenvalue weighted by atomic mass is 32.2. The summed E-state index contributed by atoms with van der Waals surface area (Å²) < 4.78 is 25.5. The number of carbonyl (C=O) groups excluding carboxylic acids is 2. The maximum absolute atomic E-state index is 12.3. The van der Waals surface area contributed by atoms with Crippen LogP contribution in [0.15, 0.2) is 18.2 Å². The van der Waals surface area contributed by atoms with E-state index in [1.165, 1.54) is 10.6 Å². The van der Waals surface area contributed by atoms with Crippen LogP contribution in [0.25, 0.3) is 0 Å². The zero-order valence-corrected chi connectivity index (χ0v) is 18.8. The fraction of sp³-hybridized carbons (Fsp3) is 0.619. The number of fused-ring (bicyclic) bond motifs is 1. The Morgan fingerprint density at radius 3 is 2.47 bits per heavy atom. The number of likely N-dealkylation sites (tertiary alicyclic amines) is 1. The highest BCUT2D eigenvalue weighted by Crippen LogP contribution is 2.31. The van der Waals surface area contributed by atoms with Crippen LogP contribution in [-0.2, 0) is 26.0 Å². The minimum Gasteiger partial charge on any atom is -0.348 e. The summed E-state index contributed by atoms with van der Waals surface area (Å²) in [6, 6.07) is 5.67. The van der Waals surface area contributed by atoms with Gasteiger partial charge in [-0.1, -0.05) is 6.07 Å². The smallest absolute Gasteiger partial charge is 0.313 e. The summed E-state index contributed by atoms with van der Waals surface area (Å²) in [5.41, 5.74) is 1.90. The number of anilines is 2. The predicted octanol–water partition coefficient (Wildman–Crippen LogP) is 1.57. The molecule has 2 amide bonds. The number of piperidine rings is 1. The standard InChI is InChI=1S/C21H32N4O4S/c1-15(2)24-11-8-16(9-12-24)14-22-20(26)21(27)23-18-7-6-17-5-4-10-25(19(17)13-18)30(3,28)29/h6-7,13,15-16H,4-5,8-12,14H2,1-3H3,(H,22,26)(H,23,27). The average molecular weight is 437 g/mol. The van der Waals surface area contributed by atoms with E-state index in [4.69, 9.17) is 0 Å². The van der Waals surface area contributed by atoms with E-state index in [2.05, 4.69) is 29.4 Å². The van der Waals surface area contributed by atoms with Gasteiger partial charge in [-0.25, -0.2) is 8.42 Å². The number of hydrogen-bond donors (Lipinski definition) is 2. The van der Waals surface area contributed by atoms with E-state index < -0.39 is 21.8 Å². The minimum atomic E-state index is -3.39. The van der Waals surface area contributed by atoms with Crippen molar-refractivity contribution in [1.29, 1.82) is 0 Å². The third kappa shape index (κ3) is 5.51. The molecule has 0 saturated carbocycles. The summed E-state index contributed by atoms with van der Waals surface area (Å²) in [4.78, 5) is 27.0. The van der Waals surface area contributed by atoms with Crippen molar-refractivity contribution in [3.63, 3.8) is 0 Å².